The van der Waals surface area contributed by atoms with Crippen LogP contribution in [0.3, 0.4) is 0 Å². The average molecular weight is 437 g/mol. The molecule has 1 heterocycles. The summed E-state index contributed by atoms with van der Waals surface area (Å²) in [6.07, 6.45) is 0.142. The molecule has 5 nitrogen and oxygen atoms in total. The first-order valence-corrected chi connectivity index (χ1v) is 11.6. The van der Waals surface area contributed by atoms with Crippen LogP contribution in [0.5, 0.6) is 0 Å². The summed E-state index contributed by atoms with van der Waals surface area (Å²) in [7, 11) is 0. The van der Waals surface area contributed by atoms with Crippen molar-refractivity contribution >= 4 is 12.0 Å². The lowest BCUT2D eigenvalue weighted by molar-refractivity contribution is -0.135. The molecule has 0 radical (unpaired) electrons. The van der Waals surface area contributed by atoms with E-state index in [1.807, 2.05) is 71.0 Å². The Morgan fingerprint density at radius 3 is 1.94 bits per heavy atom. The van der Waals surface area contributed by atoms with Gasteiger partial charge in [0.25, 0.3) is 0 Å². The predicted octanol–water partition coefficient (Wildman–Crippen LogP) is 5.50. The maximum absolute atomic E-state index is 13.6. The number of carbonyl (C=O) groups excluding carboxylic acids is 2. The van der Waals surface area contributed by atoms with Gasteiger partial charge >= 0.3 is 6.09 Å². The van der Waals surface area contributed by atoms with Crippen molar-refractivity contribution in [2.24, 2.45) is 11.8 Å². The van der Waals surface area contributed by atoms with Crippen LogP contribution in [0.1, 0.15) is 52.2 Å². The minimum atomic E-state index is -0.688. The molecule has 3 rings (SSSR count). The smallest absolute Gasteiger partial charge is 0.417 e. The predicted molar refractivity (Wildman–Crippen MR) is 127 cm³/mol. The van der Waals surface area contributed by atoms with Gasteiger partial charge in [0.2, 0.25) is 5.91 Å². The summed E-state index contributed by atoms with van der Waals surface area (Å²) in [5.41, 5.74) is 1.72. The summed E-state index contributed by atoms with van der Waals surface area (Å²) in [6, 6.07) is 20.3. The third kappa shape index (κ3) is 5.57. The van der Waals surface area contributed by atoms with Gasteiger partial charge in [0.05, 0.1) is 12.0 Å². The van der Waals surface area contributed by atoms with Gasteiger partial charge in [-0.3, -0.25) is 9.69 Å². The quantitative estimate of drug-likeness (QED) is 0.521. The summed E-state index contributed by atoms with van der Waals surface area (Å²) >= 11 is 0. The maximum Gasteiger partial charge on any atom is 0.417 e. The van der Waals surface area contributed by atoms with Crippen molar-refractivity contribution in [2.45, 2.75) is 65.8 Å². The molecular weight excluding hydrogens is 400 g/mol. The Kier molecular flexibility index (Phi) is 7.73. The van der Waals surface area contributed by atoms with Crippen molar-refractivity contribution in [3.8, 4) is 0 Å². The highest BCUT2D eigenvalue weighted by atomic mass is 16.6. The van der Waals surface area contributed by atoms with Crippen molar-refractivity contribution < 1.29 is 14.3 Å². The lowest BCUT2D eigenvalue weighted by Crippen LogP contribution is -2.51. The number of amides is 2. The second-order valence-electron chi connectivity index (χ2n) is 9.61. The van der Waals surface area contributed by atoms with E-state index < -0.39 is 11.7 Å². The van der Waals surface area contributed by atoms with Gasteiger partial charge in [-0.2, -0.15) is 0 Å². The molecule has 2 atom stereocenters. The highest BCUT2D eigenvalue weighted by Crippen LogP contribution is 2.35. The summed E-state index contributed by atoms with van der Waals surface area (Å²) in [4.78, 5) is 30.0. The molecule has 2 aromatic rings. The van der Waals surface area contributed by atoms with Gasteiger partial charge in [0.1, 0.15) is 5.60 Å². The number of imide groups is 1. The SMILES string of the molecule is CC[C@@H](CN(Cc1ccccc1)Cc1ccccc1)C(=O)N1C(=O)OC(C)(C)C1C(C)C. The maximum atomic E-state index is 13.6. The van der Waals surface area contributed by atoms with Crippen molar-refractivity contribution in [1.82, 2.24) is 9.80 Å². The molecular formula is C27H36N2O3. The molecule has 172 valence electrons. The molecule has 5 heteroatoms. The monoisotopic (exact) mass is 436 g/mol. The van der Waals surface area contributed by atoms with Gasteiger partial charge < -0.3 is 4.74 Å². The fourth-order valence-corrected chi connectivity index (χ4v) is 4.85. The molecule has 0 aromatic heterocycles. The van der Waals surface area contributed by atoms with Crippen LogP contribution in [0.2, 0.25) is 0 Å². The highest BCUT2D eigenvalue weighted by molar-refractivity contribution is 5.95. The third-order valence-electron chi connectivity index (χ3n) is 6.23. The number of ether oxygens (including phenoxy) is 1. The van der Waals surface area contributed by atoms with Gasteiger partial charge in [-0.05, 0) is 37.3 Å². The van der Waals surface area contributed by atoms with E-state index in [1.165, 1.54) is 16.0 Å². The third-order valence-corrected chi connectivity index (χ3v) is 6.23. The van der Waals surface area contributed by atoms with Crippen molar-refractivity contribution in [2.75, 3.05) is 6.54 Å². The molecule has 0 N–H and O–H groups in total. The van der Waals surface area contributed by atoms with E-state index in [1.54, 1.807) is 0 Å². The molecule has 2 amide bonds. The summed E-state index contributed by atoms with van der Waals surface area (Å²) in [5, 5.41) is 0. The Morgan fingerprint density at radius 1 is 1.00 bits per heavy atom. The number of carbonyl (C=O) groups is 2. The summed E-state index contributed by atoms with van der Waals surface area (Å²) in [6.45, 7) is 11.9. The molecule has 1 aliphatic heterocycles. The lowest BCUT2D eigenvalue weighted by Gasteiger charge is -2.34. The van der Waals surface area contributed by atoms with Crippen LogP contribution < -0.4 is 0 Å². The Balaban J connectivity index is 1.82. The molecule has 0 aliphatic carbocycles. The first-order valence-electron chi connectivity index (χ1n) is 11.6. The van der Waals surface area contributed by atoms with Crippen LogP contribution in [0.15, 0.2) is 60.7 Å². The van der Waals surface area contributed by atoms with Crippen LogP contribution in [0.4, 0.5) is 4.79 Å². The molecule has 1 fully saturated rings. The second kappa shape index (κ2) is 10.3. The van der Waals surface area contributed by atoms with E-state index in [2.05, 4.69) is 29.2 Å². The number of benzene rings is 2. The summed E-state index contributed by atoms with van der Waals surface area (Å²) in [5.74, 6) is -0.305. The number of hydrogen-bond donors (Lipinski definition) is 0. The molecule has 1 unspecified atom stereocenters. The highest BCUT2D eigenvalue weighted by Gasteiger charge is 2.52. The van der Waals surface area contributed by atoms with Gasteiger partial charge in [-0.1, -0.05) is 81.4 Å². The first-order chi connectivity index (χ1) is 15.2. The van der Waals surface area contributed by atoms with Crippen molar-refractivity contribution in [1.29, 1.82) is 0 Å². The minimum absolute atomic E-state index is 0.114. The van der Waals surface area contributed by atoms with Crippen LogP contribution in [-0.2, 0) is 22.6 Å². The lowest BCUT2D eigenvalue weighted by atomic mass is 9.88. The molecule has 32 heavy (non-hydrogen) atoms. The standard InChI is InChI=1S/C27H36N2O3/c1-6-23(25(30)29-24(20(2)3)27(4,5)32-26(29)31)19-28(17-21-13-9-7-10-14-21)18-22-15-11-8-12-16-22/h7-16,20,23-24H,6,17-19H2,1-5H3/t23-,24?/m0/s1. The van der Waals surface area contributed by atoms with E-state index >= 15 is 0 Å². The number of nitrogens with zero attached hydrogens (tertiary/aromatic N) is 2. The van der Waals surface area contributed by atoms with Gasteiger partial charge in [0, 0.05) is 19.6 Å². The number of hydrogen-bond acceptors (Lipinski definition) is 4. The van der Waals surface area contributed by atoms with Crippen LogP contribution in [0.25, 0.3) is 0 Å². The van der Waals surface area contributed by atoms with E-state index in [4.69, 9.17) is 4.74 Å². The van der Waals surface area contributed by atoms with Gasteiger partial charge in [0.15, 0.2) is 0 Å². The molecule has 1 saturated heterocycles. The molecule has 2 aromatic carbocycles. The topological polar surface area (TPSA) is 49.9 Å². The first kappa shape index (κ1) is 24.0. The van der Waals surface area contributed by atoms with Crippen LogP contribution in [-0.4, -0.2) is 40.0 Å². The normalized spacial score (nSPS) is 18.8. The largest absolute Gasteiger partial charge is 0.441 e. The fourth-order valence-electron chi connectivity index (χ4n) is 4.85. The molecule has 0 spiro atoms. The fraction of sp³-hybridized carbons (Fsp3) is 0.481. The zero-order chi connectivity index (χ0) is 23.3. The Labute approximate surface area is 192 Å². The van der Waals surface area contributed by atoms with Gasteiger partial charge in [-0.15, -0.1) is 0 Å². The summed E-state index contributed by atoms with van der Waals surface area (Å²) < 4.78 is 5.60. The van der Waals surface area contributed by atoms with Crippen molar-refractivity contribution in [3.05, 3.63) is 71.8 Å². The average Bonchev–Trinajstić information content (AvgIpc) is 3.01. The van der Waals surface area contributed by atoms with Gasteiger partial charge in [-0.25, -0.2) is 9.69 Å². The Bertz CT molecular complexity index is 854. The van der Waals surface area contributed by atoms with Crippen LogP contribution >= 0.6 is 0 Å². The van der Waals surface area contributed by atoms with Crippen LogP contribution in [0, 0.1) is 11.8 Å². The molecule has 0 saturated carbocycles. The second-order valence-corrected chi connectivity index (χ2v) is 9.61. The van der Waals surface area contributed by atoms with E-state index in [9.17, 15) is 9.59 Å². The molecule has 1 aliphatic rings. The Hall–Kier alpha value is -2.66. The zero-order valence-electron chi connectivity index (χ0n) is 20.0. The number of rotatable bonds is 9. The van der Waals surface area contributed by atoms with E-state index in [0.29, 0.717) is 13.0 Å². The van der Waals surface area contributed by atoms with E-state index in [-0.39, 0.29) is 23.8 Å². The zero-order valence-corrected chi connectivity index (χ0v) is 20.0. The van der Waals surface area contributed by atoms with E-state index in [0.717, 1.165) is 13.1 Å². The number of cyclic esters (lactones) is 1. The Morgan fingerprint density at radius 2 is 1.50 bits per heavy atom. The van der Waals surface area contributed by atoms with Crippen molar-refractivity contribution in [3.63, 3.8) is 0 Å². The minimum Gasteiger partial charge on any atom is -0.441 e. The molecule has 0 bridgehead atoms.